The molecule has 1 amide bonds. The highest BCUT2D eigenvalue weighted by Crippen LogP contribution is 2.22. The van der Waals surface area contributed by atoms with Gasteiger partial charge in [0.2, 0.25) is 5.91 Å². The van der Waals surface area contributed by atoms with E-state index in [1.54, 1.807) is 6.20 Å². The standard InChI is InChI=1S/C20H16ClN5OS/c1-12-23-17-7-6-15(10-18(17)24-12)25-19(27)11-28-20-22-9-8-16(26-20)13-2-4-14(21)5-3-13/h2-10H,11H2,1H3,(H,23,24)(H,25,27). The summed E-state index contributed by atoms with van der Waals surface area (Å²) >= 11 is 7.22. The molecule has 0 saturated heterocycles. The fraction of sp³-hybridized carbons (Fsp3) is 0.100. The summed E-state index contributed by atoms with van der Waals surface area (Å²) in [5.41, 5.74) is 4.22. The van der Waals surface area contributed by atoms with Crippen LogP contribution >= 0.6 is 23.4 Å². The average molecular weight is 410 g/mol. The lowest BCUT2D eigenvalue weighted by molar-refractivity contribution is -0.113. The molecular formula is C20H16ClN5OS. The Balaban J connectivity index is 1.40. The Hall–Kier alpha value is -2.90. The number of hydrogen-bond donors (Lipinski definition) is 2. The maximum atomic E-state index is 12.3. The van der Waals surface area contributed by atoms with Gasteiger partial charge in [-0.2, -0.15) is 0 Å². The number of nitrogens with one attached hydrogen (secondary N) is 2. The number of nitrogens with zero attached hydrogens (tertiary/aromatic N) is 3. The third kappa shape index (κ3) is 4.32. The van der Waals surface area contributed by atoms with Crippen molar-refractivity contribution in [2.75, 3.05) is 11.1 Å². The quantitative estimate of drug-likeness (QED) is 0.368. The molecule has 4 aromatic rings. The second-order valence-corrected chi connectivity index (χ2v) is 7.50. The van der Waals surface area contributed by atoms with Crippen molar-refractivity contribution in [2.45, 2.75) is 12.1 Å². The van der Waals surface area contributed by atoms with E-state index in [0.29, 0.717) is 10.2 Å². The molecule has 0 bridgehead atoms. The highest BCUT2D eigenvalue weighted by molar-refractivity contribution is 7.99. The van der Waals surface area contributed by atoms with Gasteiger partial charge >= 0.3 is 0 Å². The highest BCUT2D eigenvalue weighted by atomic mass is 35.5. The number of hydrogen-bond acceptors (Lipinski definition) is 5. The normalized spacial score (nSPS) is 10.9. The van der Waals surface area contributed by atoms with Crippen LogP contribution in [0.1, 0.15) is 5.82 Å². The second kappa shape index (κ2) is 8.00. The molecule has 0 aliphatic rings. The lowest BCUT2D eigenvalue weighted by Gasteiger charge is -2.06. The zero-order valence-corrected chi connectivity index (χ0v) is 16.5. The molecule has 2 aromatic carbocycles. The van der Waals surface area contributed by atoms with Crippen molar-refractivity contribution in [3.05, 3.63) is 65.6 Å². The van der Waals surface area contributed by atoms with E-state index in [9.17, 15) is 4.79 Å². The monoisotopic (exact) mass is 409 g/mol. The van der Waals surface area contributed by atoms with Gasteiger partial charge in [-0.3, -0.25) is 4.79 Å². The van der Waals surface area contributed by atoms with E-state index in [1.807, 2.05) is 55.5 Å². The number of aromatic amines is 1. The first-order valence-electron chi connectivity index (χ1n) is 8.55. The Kier molecular flexibility index (Phi) is 5.27. The third-order valence-corrected chi connectivity index (χ3v) is 5.10. The number of benzene rings is 2. The molecule has 0 fully saturated rings. The van der Waals surface area contributed by atoms with E-state index >= 15 is 0 Å². The number of thioether (sulfide) groups is 1. The third-order valence-electron chi connectivity index (χ3n) is 3.99. The first kappa shape index (κ1) is 18.5. The van der Waals surface area contributed by atoms with Gasteiger partial charge in [0.25, 0.3) is 0 Å². The summed E-state index contributed by atoms with van der Waals surface area (Å²) < 4.78 is 0. The fourth-order valence-corrected chi connectivity index (χ4v) is 3.49. The van der Waals surface area contributed by atoms with Gasteiger partial charge in [0.1, 0.15) is 5.82 Å². The van der Waals surface area contributed by atoms with E-state index in [1.165, 1.54) is 11.8 Å². The molecule has 0 saturated carbocycles. The lowest BCUT2D eigenvalue weighted by atomic mass is 10.1. The predicted molar refractivity (Wildman–Crippen MR) is 113 cm³/mol. The van der Waals surface area contributed by atoms with E-state index in [0.717, 1.165) is 33.8 Å². The van der Waals surface area contributed by atoms with Crippen molar-refractivity contribution in [1.29, 1.82) is 0 Å². The van der Waals surface area contributed by atoms with Gasteiger partial charge in [-0.15, -0.1) is 0 Å². The summed E-state index contributed by atoms with van der Waals surface area (Å²) in [4.78, 5) is 28.6. The molecule has 0 aliphatic heterocycles. The summed E-state index contributed by atoms with van der Waals surface area (Å²) in [7, 11) is 0. The molecule has 28 heavy (non-hydrogen) atoms. The summed E-state index contributed by atoms with van der Waals surface area (Å²) in [6.45, 7) is 1.90. The molecule has 0 spiro atoms. The van der Waals surface area contributed by atoms with E-state index < -0.39 is 0 Å². The van der Waals surface area contributed by atoms with Crippen molar-refractivity contribution in [3.63, 3.8) is 0 Å². The Bertz CT molecular complexity index is 1140. The molecular weight excluding hydrogens is 394 g/mol. The average Bonchev–Trinajstić information content (AvgIpc) is 3.06. The minimum absolute atomic E-state index is 0.124. The molecule has 4 rings (SSSR count). The molecule has 8 heteroatoms. The van der Waals surface area contributed by atoms with E-state index in [4.69, 9.17) is 11.6 Å². The van der Waals surface area contributed by atoms with Crippen LogP contribution in [0.5, 0.6) is 0 Å². The topological polar surface area (TPSA) is 83.6 Å². The highest BCUT2D eigenvalue weighted by Gasteiger charge is 2.08. The van der Waals surface area contributed by atoms with Crippen molar-refractivity contribution in [2.24, 2.45) is 0 Å². The summed E-state index contributed by atoms with van der Waals surface area (Å²) in [6, 6.07) is 14.8. The van der Waals surface area contributed by atoms with Crippen LogP contribution in [0, 0.1) is 6.92 Å². The van der Waals surface area contributed by atoms with Crippen LogP contribution in [0.25, 0.3) is 22.3 Å². The van der Waals surface area contributed by atoms with Crippen molar-refractivity contribution >= 4 is 46.0 Å². The summed E-state index contributed by atoms with van der Waals surface area (Å²) in [6.07, 6.45) is 1.69. The van der Waals surface area contributed by atoms with Gasteiger partial charge in [-0.1, -0.05) is 35.5 Å². The molecule has 2 N–H and O–H groups in total. The minimum atomic E-state index is -0.124. The molecule has 0 radical (unpaired) electrons. The lowest BCUT2D eigenvalue weighted by Crippen LogP contribution is -2.14. The van der Waals surface area contributed by atoms with Crippen LogP contribution in [0.3, 0.4) is 0 Å². The Morgan fingerprint density at radius 1 is 1.14 bits per heavy atom. The zero-order valence-electron chi connectivity index (χ0n) is 14.9. The Labute approximate surface area is 170 Å². The Morgan fingerprint density at radius 2 is 1.96 bits per heavy atom. The fourth-order valence-electron chi connectivity index (χ4n) is 2.73. The first-order chi connectivity index (χ1) is 13.6. The second-order valence-electron chi connectivity index (χ2n) is 6.12. The smallest absolute Gasteiger partial charge is 0.234 e. The predicted octanol–water partition coefficient (Wildman–Crippen LogP) is 4.71. The van der Waals surface area contributed by atoms with Crippen molar-refractivity contribution in [3.8, 4) is 11.3 Å². The van der Waals surface area contributed by atoms with Gasteiger partial charge in [0, 0.05) is 22.5 Å². The first-order valence-corrected chi connectivity index (χ1v) is 9.91. The van der Waals surface area contributed by atoms with Gasteiger partial charge in [0.15, 0.2) is 5.16 Å². The number of carbonyl (C=O) groups excluding carboxylic acids is 1. The zero-order chi connectivity index (χ0) is 19.5. The van der Waals surface area contributed by atoms with Crippen LogP contribution in [0.2, 0.25) is 5.02 Å². The maximum Gasteiger partial charge on any atom is 0.234 e. The molecule has 0 atom stereocenters. The SMILES string of the molecule is Cc1nc2ccc(NC(=O)CSc3nccc(-c4ccc(Cl)cc4)n3)cc2[nH]1. The number of aromatic nitrogens is 4. The van der Waals surface area contributed by atoms with Crippen LogP contribution in [0.15, 0.2) is 59.9 Å². The van der Waals surface area contributed by atoms with Gasteiger partial charge in [0.05, 0.1) is 22.5 Å². The number of H-pyrrole nitrogens is 1. The molecule has 6 nitrogen and oxygen atoms in total. The summed E-state index contributed by atoms with van der Waals surface area (Å²) in [5, 5.41) is 4.11. The molecule has 2 heterocycles. The molecule has 0 aliphatic carbocycles. The van der Waals surface area contributed by atoms with E-state index in [-0.39, 0.29) is 11.7 Å². The van der Waals surface area contributed by atoms with Gasteiger partial charge in [-0.25, -0.2) is 15.0 Å². The molecule has 140 valence electrons. The number of rotatable bonds is 5. The van der Waals surface area contributed by atoms with Gasteiger partial charge < -0.3 is 10.3 Å². The van der Waals surface area contributed by atoms with E-state index in [2.05, 4.69) is 25.3 Å². The molecule has 2 aromatic heterocycles. The number of halogens is 1. The number of fused-ring (bicyclic) bond motifs is 1. The number of carbonyl (C=O) groups is 1. The minimum Gasteiger partial charge on any atom is -0.342 e. The summed E-state index contributed by atoms with van der Waals surface area (Å²) in [5.74, 6) is 0.928. The molecule has 0 unspecified atom stereocenters. The van der Waals surface area contributed by atoms with Crippen LogP contribution in [-0.2, 0) is 4.79 Å². The van der Waals surface area contributed by atoms with Gasteiger partial charge in [-0.05, 0) is 43.3 Å². The number of aryl methyl sites for hydroxylation is 1. The van der Waals surface area contributed by atoms with Crippen LogP contribution in [0.4, 0.5) is 5.69 Å². The number of anilines is 1. The number of imidazole rings is 1. The largest absolute Gasteiger partial charge is 0.342 e. The number of amides is 1. The van der Waals surface area contributed by atoms with Crippen LogP contribution < -0.4 is 5.32 Å². The van der Waals surface area contributed by atoms with Crippen molar-refractivity contribution < 1.29 is 4.79 Å². The Morgan fingerprint density at radius 3 is 2.79 bits per heavy atom. The van der Waals surface area contributed by atoms with Crippen LogP contribution in [-0.4, -0.2) is 31.6 Å². The van der Waals surface area contributed by atoms with Crippen molar-refractivity contribution in [1.82, 2.24) is 19.9 Å². The maximum absolute atomic E-state index is 12.3.